The number of nitrogens with one attached hydrogen (secondary N) is 2. The van der Waals surface area contributed by atoms with Gasteiger partial charge in [-0.05, 0) is 25.8 Å². The zero-order chi connectivity index (χ0) is 23.1. The summed E-state index contributed by atoms with van der Waals surface area (Å²) in [4.78, 5) is 32.5. The zero-order valence-corrected chi connectivity index (χ0v) is 19.2. The molecule has 0 saturated heterocycles. The van der Waals surface area contributed by atoms with Gasteiger partial charge in [0, 0.05) is 36.0 Å². The van der Waals surface area contributed by atoms with E-state index < -0.39 is 4.92 Å². The van der Waals surface area contributed by atoms with Crippen LogP contribution in [-0.4, -0.2) is 49.4 Å². The van der Waals surface area contributed by atoms with Gasteiger partial charge in [0.2, 0.25) is 0 Å². The van der Waals surface area contributed by atoms with Gasteiger partial charge >= 0.3 is 0 Å². The third-order valence-corrected chi connectivity index (χ3v) is 5.86. The molecule has 1 amide bonds. The number of rotatable bonds is 11. The number of anilines is 1. The molecule has 170 valence electrons. The molecule has 0 radical (unpaired) electrons. The Morgan fingerprint density at radius 1 is 1.22 bits per heavy atom. The van der Waals surface area contributed by atoms with E-state index in [2.05, 4.69) is 39.5 Å². The molecule has 0 aliphatic carbocycles. The topological polar surface area (TPSA) is 128 Å². The second-order valence-corrected chi connectivity index (χ2v) is 8.26. The Morgan fingerprint density at radius 3 is 2.75 bits per heavy atom. The highest BCUT2D eigenvalue weighted by Crippen LogP contribution is 2.25. The van der Waals surface area contributed by atoms with Crippen molar-refractivity contribution in [2.45, 2.75) is 45.3 Å². The summed E-state index contributed by atoms with van der Waals surface area (Å²) in [6.07, 6.45) is 3.72. The Balaban J connectivity index is 1.75. The van der Waals surface area contributed by atoms with Crippen LogP contribution in [0.1, 0.15) is 42.6 Å². The van der Waals surface area contributed by atoms with Crippen LogP contribution in [0.25, 0.3) is 11.0 Å². The lowest BCUT2D eigenvalue weighted by molar-refractivity contribution is -0.385. The summed E-state index contributed by atoms with van der Waals surface area (Å²) < 4.78 is 1.74. The second-order valence-electron chi connectivity index (χ2n) is 7.20. The molecule has 2 heterocycles. The molecule has 2 N–H and O–H groups in total. The largest absolute Gasteiger partial charge is 0.369 e. The number of hydrogen-bond acceptors (Lipinski definition) is 8. The van der Waals surface area contributed by atoms with E-state index >= 15 is 0 Å². The number of carbonyl (C=O) groups excluding carboxylic acids is 1. The van der Waals surface area contributed by atoms with Crippen molar-refractivity contribution >= 4 is 40.2 Å². The fourth-order valence-electron chi connectivity index (χ4n) is 3.17. The molecule has 0 bridgehead atoms. The van der Waals surface area contributed by atoms with Gasteiger partial charge in [-0.3, -0.25) is 14.9 Å². The van der Waals surface area contributed by atoms with Gasteiger partial charge in [-0.25, -0.2) is 14.6 Å². The van der Waals surface area contributed by atoms with E-state index in [1.54, 1.807) is 35.6 Å². The van der Waals surface area contributed by atoms with E-state index in [9.17, 15) is 14.9 Å². The number of thioether (sulfide) groups is 1. The maximum Gasteiger partial charge on any atom is 0.273 e. The summed E-state index contributed by atoms with van der Waals surface area (Å²) >= 11 is 1.60. The van der Waals surface area contributed by atoms with Gasteiger partial charge in [-0.15, -0.1) is 0 Å². The number of benzene rings is 1. The summed E-state index contributed by atoms with van der Waals surface area (Å²) in [5, 5.41) is 23.2. The molecule has 10 nitrogen and oxygen atoms in total. The predicted molar refractivity (Wildman–Crippen MR) is 125 cm³/mol. The van der Waals surface area contributed by atoms with Crippen molar-refractivity contribution in [2.24, 2.45) is 0 Å². The second kappa shape index (κ2) is 10.9. The molecule has 0 aliphatic heterocycles. The van der Waals surface area contributed by atoms with E-state index in [0.717, 1.165) is 36.3 Å². The van der Waals surface area contributed by atoms with Crippen molar-refractivity contribution in [1.82, 2.24) is 25.1 Å². The first-order valence-corrected chi connectivity index (χ1v) is 11.6. The van der Waals surface area contributed by atoms with Crippen LogP contribution in [0.3, 0.4) is 0 Å². The number of amides is 1. The third-order valence-electron chi connectivity index (χ3n) is 4.81. The minimum absolute atomic E-state index is 0.0726. The summed E-state index contributed by atoms with van der Waals surface area (Å²) in [6.45, 7) is 7.28. The van der Waals surface area contributed by atoms with Crippen molar-refractivity contribution in [3.05, 3.63) is 45.6 Å². The van der Waals surface area contributed by atoms with Crippen molar-refractivity contribution < 1.29 is 9.72 Å². The Bertz CT molecular complexity index is 1120. The summed E-state index contributed by atoms with van der Waals surface area (Å²) in [5.74, 6) is 1.32. The fourth-order valence-corrected chi connectivity index (χ4v) is 3.87. The number of fused-ring (bicyclic) bond motifs is 1. The van der Waals surface area contributed by atoms with E-state index in [-0.39, 0.29) is 17.2 Å². The molecular formula is C21H27N7O3S. The number of aromatic nitrogens is 4. The van der Waals surface area contributed by atoms with Gasteiger partial charge in [0.25, 0.3) is 11.6 Å². The highest BCUT2D eigenvalue weighted by molar-refractivity contribution is 7.99. The monoisotopic (exact) mass is 457 g/mol. The summed E-state index contributed by atoms with van der Waals surface area (Å²) in [7, 11) is 0. The number of nitro benzene ring substituents is 1. The first-order chi connectivity index (χ1) is 15.5. The Kier molecular flexibility index (Phi) is 7.98. The molecule has 1 aromatic carbocycles. The average molecular weight is 458 g/mol. The Hall–Kier alpha value is -3.21. The van der Waals surface area contributed by atoms with E-state index in [1.165, 1.54) is 12.1 Å². The van der Waals surface area contributed by atoms with Gasteiger partial charge < -0.3 is 10.6 Å². The van der Waals surface area contributed by atoms with Gasteiger partial charge in [0.1, 0.15) is 5.82 Å². The highest BCUT2D eigenvalue weighted by atomic mass is 32.2. The normalized spacial score (nSPS) is 11.0. The molecule has 11 heteroatoms. The molecule has 0 spiro atoms. The zero-order valence-electron chi connectivity index (χ0n) is 18.4. The fraction of sp³-hybridized carbons (Fsp3) is 0.429. The number of nitrogens with zero attached hydrogens (tertiary/aromatic N) is 5. The van der Waals surface area contributed by atoms with Crippen molar-refractivity contribution in [2.75, 3.05) is 24.2 Å². The van der Waals surface area contributed by atoms with Gasteiger partial charge in [-0.2, -0.15) is 5.10 Å². The van der Waals surface area contributed by atoms with Gasteiger partial charge in [0.15, 0.2) is 10.8 Å². The van der Waals surface area contributed by atoms with E-state index in [4.69, 9.17) is 0 Å². The highest BCUT2D eigenvalue weighted by Gasteiger charge is 2.18. The Morgan fingerprint density at radius 2 is 2.03 bits per heavy atom. The quantitative estimate of drug-likeness (QED) is 0.193. The van der Waals surface area contributed by atoms with Crippen LogP contribution in [0.4, 0.5) is 11.5 Å². The summed E-state index contributed by atoms with van der Waals surface area (Å²) in [6, 6.07) is 4.48. The van der Waals surface area contributed by atoms with Crippen molar-refractivity contribution in [1.29, 1.82) is 0 Å². The van der Waals surface area contributed by atoms with Crippen molar-refractivity contribution in [3.63, 3.8) is 0 Å². The van der Waals surface area contributed by atoms with Crippen LogP contribution in [0.5, 0.6) is 0 Å². The molecule has 0 fully saturated rings. The smallest absolute Gasteiger partial charge is 0.273 e. The van der Waals surface area contributed by atoms with Crippen LogP contribution in [0, 0.1) is 17.0 Å². The van der Waals surface area contributed by atoms with Gasteiger partial charge in [-0.1, -0.05) is 31.7 Å². The standard InChI is InChI=1S/C21H27N7O3S/c1-4-9-22-18-16-13-24-27(19(16)26-21(25-18)32-12-5-2)11-10-23-20(29)15-7-6-8-17(14(15)3)28(30)31/h6-8,13H,4-5,9-12H2,1-3H3,(H,23,29)(H,22,25,26). The Labute approximate surface area is 190 Å². The van der Waals surface area contributed by atoms with E-state index in [1.807, 2.05) is 0 Å². The lowest BCUT2D eigenvalue weighted by Crippen LogP contribution is -2.28. The lowest BCUT2D eigenvalue weighted by atomic mass is 10.1. The van der Waals surface area contributed by atoms with Crippen LogP contribution < -0.4 is 10.6 Å². The van der Waals surface area contributed by atoms with Crippen LogP contribution in [0.2, 0.25) is 0 Å². The first kappa shape index (κ1) is 23.5. The van der Waals surface area contributed by atoms with Crippen LogP contribution in [0.15, 0.2) is 29.6 Å². The molecule has 0 saturated carbocycles. The van der Waals surface area contributed by atoms with Crippen LogP contribution >= 0.6 is 11.8 Å². The average Bonchev–Trinajstić information content (AvgIpc) is 3.18. The lowest BCUT2D eigenvalue weighted by Gasteiger charge is -2.10. The molecular weight excluding hydrogens is 430 g/mol. The predicted octanol–water partition coefficient (Wildman–Crippen LogP) is 3.80. The third kappa shape index (κ3) is 5.34. The molecule has 0 atom stereocenters. The molecule has 0 unspecified atom stereocenters. The molecule has 3 aromatic rings. The maximum absolute atomic E-state index is 12.6. The maximum atomic E-state index is 12.6. The molecule has 2 aromatic heterocycles. The number of hydrogen-bond donors (Lipinski definition) is 2. The number of carbonyl (C=O) groups is 1. The van der Waals surface area contributed by atoms with Gasteiger partial charge in [0.05, 0.1) is 23.1 Å². The SMILES string of the molecule is CCCNc1nc(SCCC)nc2c1cnn2CCNC(=O)c1cccc([N+](=O)[O-])c1C. The van der Waals surface area contributed by atoms with Crippen LogP contribution in [-0.2, 0) is 6.54 Å². The molecule has 0 aliphatic rings. The van der Waals surface area contributed by atoms with E-state index in [0.29, 0.717) is 29.5 Å². The number of nitro groups is 1. The summed E-state index contributed by atoms with van der Waals surface area (Å²) in [5.41, 5.74) is 1.27. The molecule has 32 heavy (non-hydrogen) atoms. The molecule has 3 rings (SSSR count). The minimum Gasteiger partial charge on any atom is -0.369 e. The first-order valence-electron chi connectivity index (χ1n) is 10.6. The minimum atomic E-state index is -0.486. The van der Waals surface area contributed by atoms with Crippen molar-refractivity contribution in [3.8, 4) is 0 Å².